The minimum absolute atomic E-state index is 0.236. The van der Waals surface area contributed by atoms with E-state index in [4.69, 9.17) is 4.42 Å². The Balaban J connectivity index is 1.92. The molecule has 0 aliphatic carbocycles. The molecule has 0 radical (unpaired) electrons. The van der Waals surface area contributed by atoms with E-state index in [0.717, 1.165) is 5.69 Å². The largest absolute Gasteiger partial charge is 0.507 e. The summed E-state index contributed by atoms with van der Waals surface area (Å²) >= 11 is 0. The van der Waals surface area contributed by atoms with Gasteiger partial charge in [0.15, 0.2) is 5.78 Å². The number of allylic oxidation sites excluding steroid dienone is 1. The normalized spacial score (nSPS) is 11.0. The van der Waals surface area contributed by atoms with Crippen molar-refractivity contribution in [3.05, 3.63) is 82.2 Å². The van der Waals surface area contributed by atoms with Gasteiger partial charge in [-0.05, 0) is 37.3 Å². The third-order valence-corrected chi connectivity index (χ3v) is 3.38. The Morgan fingerprint density at radius 2 is 2.00 bits per heavy atom. The van der Waals surface area contributed by atoms with Crippen molar-refractivity contribution in [3.63, 3.8) is 0 Å². The number of rotatable bonds is 4. The van der Waals surface area contributed by atoms with Crippen molar-refractivity contribution >= 4 is 11.9 Å². The second-order valence-corrected chi connectivity index (χ2v) is 5.11. The van der Waals surface area contributed by atoms with Crippen LogP contribution in [-0.4, -0.2) is 20.7 Å². The van der Waals surface area contributed by atoms with Crippen molar-refractivity contribution in [2.75, 3.05) is 0 Å². The van der Waals surface area contributed by atoms with Gasteiger partial charge in [0.1, 0.15) is 17.1 Å². The molecule has 0 aliphatic heterocycles. The number of para-hydroxylation sites is 1. The molecule has 0 amide bonds. The summed E-state index contributed by atoms with van der Waals surface area (Å²) < 4.78 is 6.51. The molecule has 0 unspecified atom stereocenters. The smallest absolute Gasteiger partial charge is 0.351 e. The van der Waals surface area contributed by atoms with Crippen LogP contribution < -0.4 is 5.63 Å². The molecule has 24 heavy (non-hydrogen) atoms. The molecular formula is C18H14N2O4. The minimum atomic E-state index is -0.862. The zero-order valence-corrected chi connectivity index (χ0v) is 12.8. The average molecular weight is 322 g/mol. The van der Waals surface area contributed by atoms with Crippen LogP contribution in [-0.2, 0) is 0 Å². The van der Waals surface area contributed by atoms with Crippen LogP contribution in [0.25, 0.3) is 11.8 Å². The monoisotopic (exact) mass is 322 g/mol. The maximum Gasteiger partial charge on any atom is 0.351 e. The lowest BCUT2D eigenvalue weighted by Crippen LogP contribution is -2.13. The van der Waals surface area contributed by atoms with Crippen LogP contribution in [0.3, 0.4) is 0 Å². The highest BCUT2D eigenvalue weighted by Crippen LogP contribution is 2.16. The Morgan fingerprint density at radius 1 is 1.25 bits per heavy atom. The van der Waals surface area contributed by atoms with Crippen LogP contribution >= 0.6 is 0 Å². The van der Waals surface area contributed by atoms with E-state index in [-0.39, 0.29) is 11.3 Å². The van der Waals surface area contributed by atoms with Crippen LogP contribution in [0.5, 0.6) is 5.75 Å². The number of hydrogen-bond acceptors (Lipinski definition) is 5. The van der Waals surface area contributed by atoms with Gasteiger partial charge in [-0.25, -0.2) is 9.48 Å². The van der Waals surface area contributed by atoms with E-state index in [1.807, 2.05) is 30.3 Å². The fourth-order valence-electron chi connectivity index (χ4n) is 2.29. The standard InChI is InChI=1S/C18H14N2O4/c1-12-11-16(22)17(18(23)24-12)15(21)8-7-14-9-10-19-20(14)13-5-3-2-4-6-13/h2-11,22H,1H3/b8-7+. The minimum Gasteiger partial charge on any atom is -0.507 e. The Hall–Kier alpha value is -3.41. The summed E-state index contributed by atoms with van der Waals surface area (Å²) in [4.78, 5) is 24.0. The van der Waals surface area contributed by atoms with Crippen molar-refractivity contribution in [2.45, 2.75) is 6.92 Å². The first-order chi connectivity index (χ1) is 11.6. The summed E-state index contributed by atoms with van der Waals surface area (Å²) in [6.07, 6.45) is 4.34. The Bertz CT molecular complexity index is 968. The van der Waals surface area contributed by atoms with E-state index in [0.29, 0.717) is 5.69 Å². The number of ketones is 1. The summed E-state index contributed by atoms with van der Waals surface area (Å²) in [5, 5.41) is 14.0. The number of carbonyl (C=O) groups is 1. The Labute approximate surface area is 137 Å². The highest BCUT2D eigenvalue weighted by molar-refractivity contribution is 6.08. The van der Waals surface area contributed by atoms with Crippen molar-refractivity contribution in [1.82, 2.24) is 9.78 Å². The van der Waals surface area contributed by atoms with E-state index >= 15 is 0 Å². The Kier molecular flexibility index (Phi) is 4.11. The summed E-state index contributed by atoms with van der Waals surface area (Å²) in [6.45, 7) is 1.52. The van der Waals surface area contributed by atoms with Gasteiger partial charge in [-0.3, -0.25) is 4.79 Å². The lowest BCUT2D eigenvalue weighted by Gasteiger charge is -2.04. The summed E-state index contributed by atoms with van der Waals surface area (Å²) in [5.41, 5.74) is 0.249. The maximum atomic E-state index is 12.2. The lowest BCUT2D eigenvalue weighted by atomic mass is 10.1. The number of aromatic nitrogens is 2. The van der Waals surface area contributed by atoms with Crippen LogP contribution in [0.2, 0.25) is 0 Å². The van der Waals surface area contributed by atoms with Gasteiger partial charge >= 0.3 is 5.63 Å². The molecule has 0 atom stereocenters. The fraction of sp³-hybridized carbons (Fsp3) is 0.0556. The van der Waals surface area contributed by atoms with Crippen LogP contribution in [0.4, 0.5) is 0 Å². The second-order valence-electron chi connectivity index (χ2n) is 5.11. The number of aryl methyl sites for hydroxylation is 1. The van der Waals surface area contributed by atoms with Gasteiger partial charge in [0.05, 0.1) is 17.6 Å². The molecule has 6 nitrogen and oxygen atoms in total. The molecule has 6 heteroatoms. The molecule has 0 saturated heterocycles. The van der Waals surface area contributed by atoms with Crippen LogP contribution in [0.15, 0.2) is 63.9 Å². The maximum absolute atomic E-state index is 12.2. The van der Waals surface area contributed by atoms with Gasteiger partial charge in [-0.15, -0.1) is 0 Å². The molecule has 2 heterocycles. The topological polar surface area (TPSA) is 85.3 Å². The molecular weight excluding hydrogens is 308 g/mol. The zero-order chi connectivity index (χ0) is 17.1. The van der Waals surface area contributed by atoms with E-state index in [1.54, 1.807) is 16.9 Å². The molecule has 120 valence electrons. The number of nitrogens with zero attached hydrogens (tertiary/aromatic N) is 2. The first kappa shape index (κ1) is 15.5. The van der Waals surface area contributed by atoms with Crippen molar-refractivity contribution in [1.29, 1.82) is 0 Å². The van der Waals surface area contributed by atoms with E-state index in [1.165, 1.54) is 25.1 Å². The zero-order valence-electron chi connectivity index (χ0n) is 12.8. The van der Waals surface area contributed by atoms with Crippen molar-refractivity contribution < 1.29 is 14.3 Å². The third kappa shape index (κ3) is 3.03. The van der Waals surface area contributed by atoms with Gasteiger partial charge in [0.25, 0.3) is 0 Å². The summed E-state index contributed by atoms with van der Waals surface area (Å²) in [5.74, 6) is -0.794. The average Bonchev–Trinajstić information content (AvgIpc) is 3.01. The molecule has 0 saturated carbocycles. The fourth-order valence-corrected chi connectivity index (χ4v) is 2.29. The molecule has 2 aromatic heterocycles. The van der Waals surface area contributed by atoms with Gasteiger partial charge < -0.3 is 9.52 Å². The Morgan fingerprint density at radius 3 is 2.71 bits per heavy atom. The van der Waals surface area contributed by atoms with E-state index in [2.05, 4.69) is 5.10 Å². The molecule has 0 spiro atoms. The highest BCUT2D eigenvalue weighted by atomic mass is 16.4. The molecule has 3 rings (SSSR count). The number of carbonyl (C=O) groups excluding carboxylic acids is 1. The van der Waals surface area contributed by atoms with Crippen molar-refractivity contribution in [3.8, 4) is 11.4 Å². The summed E-state index contributed by atoms with van der Waals surface area (Å²) in [7, 11) is 0. The lowest BCUT2D eigenvalue weighted by molar-refractivity contribution is 0.104. The SMILES string of the molecule is Cc1cc(O)c(C(=O)/C=C/c2ccnn2-c2ccccc2)c(=O)o1. The quantitative estimate of drug-likeness (QED) is 0.589. The number of aromatic hydroxyl groups is 1. The van der Waals surface area contributed by atoms with E-state index < -0.39 is 17.2 Å². The molecule has 1 aromatic carbocycles. The van der Waals surface area contributed by atoms with Crippen LogP contribution in [0.1, 0.15) is 21.8 Å². The summed E-state index contributed by atoms with van der Waals surface area (Å²) in [6, 6.07) is 12.4. The molecule has 0 aliphatic rings. The van der Waals surface area contributed by atoms with Crippen LogP contribution in [0, 0.1) is 6.92 Å². The second kappa shape index (κ2) is 6.37. The predicted molar refractivity (Wildman–Crippen MR) is 88.3 cm³/mol. The van der Waals surface area contributed by atoms with Gasteiger partial charge in [-0.2, -0.15) is 5.10 Å². The molecule has 1 N–H and O–H groups in total. The number of hydrogen-bond donors (Lipinski definition) is 1. The highest BCUT2D eigenvalue weighted by Gasteiger charge is 2.16. The molecule has 0 fully saturated rings. The molecule has 0 bridgehead atoms. The first-order valence-corrected chi connectivity index (χ1v) is 7.22. The van der Waals surface area contributed by atoms with Gasteiger partial charge in [0, 0.05) is 6.07 Å². The number of benzene rings is 1. The first-order valence-electron chi connectivity index (χ1n) is 7.22. The third-order valence-electron chi connectivity index (χ3n) is 3.38. The predicted octanol–water partition coefficient (Wildman–Crippen LogP) is 2.74. The molecule has 3 aromatic rings. The van der Waals surface area contributed by atoms with E-state index in [9.17, 15) is 14.7 Å². The van der Waals surface area contributed by atoms with Gasteiger partial charge in [0.2, 0.25) is 0 Å². The van der Waals surface area contributed by atoms with Crippen molar-refractivity contribution in [2.24, 2.45) is 0 Å². The van der Waals surface area contributed by atoms with Gasteiger partial charge in [-0.1, -0.05) is 18.2 Å².